The fourth-order valence-corrected chi connectivity index (χ4v) is 4.68. The lowest BCUT2D eigenvalue weighted by molar-refractivity contribution is 0.0917. The number of thiazole rings is 1. The number of hydrogen-bond acceptors (Lipinski definition) is 5. The Morgan fingerprint density at radius 1 is 1.23 bits per heavy atom. The van der Waals surface area contributed by atoms with Crippen LogP contribution < -0.4 is 9.64 Å². The third-order valence-electron chi connectivity index (χ3n) is 5.35. The first kappa shape index (κ1) is 20.8. The minimum atomic E-state index is -0.0610. The second kappa shape index (κ2) is 8.74. The lowest BCUT2D eigenvalue weighted by Crippen LogP contribution is -2.37. The van der Waals surface area contributed by atoms with Gasteiger partial charge in [-0.25, -0.2) is 4.98 Å². The van der Waals surface area contributed by atoms with Crippen molar-refractivity contribution in [3.8, 4) is 5.75 Å². The number of carbonyl (C=O) groups is 1. The van der Waals surface area contributed by atoms with Crippen LogP contribution in [0.2, 0.25) is 0 Å². The first-order valence-corrected chi connectivity index (χ1v) is 11.3. The van der Waals surface area contributed by atoms with Crippen molar-refractivity contribution < 1.29 is 14.3 Å². The Morgan fingerprint density at radius 3 is 2.63 bits per heavy atom. The number of fused-ring (bicyclic) bond motifs is 1. The largest absolute Gasteiger partial charge is 0.491 e. The van der Waals surface area contributed by atoms with E-state index in [1.54, 1.807) is 16.2 Å². The van der Waals surface area contributed by atoms with Crippen LogP contribution in [0.3, 0.4) is 0 Å². The van der Waals surface area contributed by atoms with Crippen LogP contribution in [0.4, 0.5) is 5.13 Å². The van der Waals surface area contributed by atoms with Crippen molar-refractivity contribution >= 4 is 32.6 Å². The molecule has 0 saturated carbocycles. The van der Waals surface area contributed by atoms with Gasteiger partial charge in [0.25, 0.3) is 5.91 Å². The zero-order chi connectivity index (χ0) is 21.3. The summed E-state index contributed by atoms with van der Waals surface area (Å²) in [7, 11) is 0. The molecule has 4 rings (SSSR count). The van der Waals surface area contributed by atoms with E-state index in [1.807, 2.05) is 38.1 Å². The SMILES string of the molecule is Cc1cc2nc(N(CC3CCCO3)C(=O)c3ccc(OC(C)C)cc3)sc2cc1C. The summed E-state index contributed by atoms with van der Waals surface area (Å²) >= 11 is 1.56. The molecule has 158 valence electrons. The second-order valence-electron chi connectivity index (χ2n) is 8.14. The van der Waals surface area contributed by atoms with E-state index < -0.39 is 0 Å². The minimum absolute atomic E-state index is 0.0491. The Bertz CT molecular complexity index is 998. The molecule has 0 spiro atoms. The minimum Gasteiger partial charge on any atom is -0.491 e. The number of aryl methyl sites for hydroxylation is 2. The molecule has 1 unspecified atom stereocenters. The van der Waals surface area contributed by atoms with Crippen molar-refractivity contribution in [3.63, 3.8) is 0 Å². The molecule has 0 aliphatic carbocycles. The number of carbonyl (C=O) groups excluding carboxylic acids is 1. The van der Waals surface area contributed by atoms with Gasteiger partial charge in [0.15, 0.2) is 5.13 Å². The predicted octanol–water partition coefficient (Wildman–Crippen LogP) is 5.53. The molecule has 0 N–H and O–H groups in total. The second-order valence-corrected chi connectivity index (χ2v) is 9.15. The van der Waals surface area contributed by atoms with E-state index in [0.717, 1.165) is 40.5 Å². The maximum Gasteiger partial charge on any atom is 0.260 e. The molecule has 1 aliphatic rings. The van der Waals surface area contributed by atoms with E-state index in [-0.39, 0.29) is 18.1 Å². The zero-order valence-electron chi connectivity index (χ0n) is 18.0. The molecule has 30 heavy (non-hydrogen) atoms. The van der Waals surface area contributed by atoms with E-state index in [1.165, 1.54) is 11.1 Å². The Kier molecular flexibility index (Phi) is 6.06. The van der Waals surface area contributed by atoms with Crippen LogP contribution in [-0.2, 0) is 4.74 Å². The van der Waals surface area contributed by atoms with Crippen LogP contribution in [0.15, 0.2) is 36.4 Å². The molecular formula is C24H28N2O3S. The van der Waals surface area contributed by atoms with E-state index in [2.05, 4.69) is 26.0 Å². The molecular weight excluding hydrogens is 396 g/mol. The maximum atomic E-state index is 13.5. The molecule has 5 nitrogen and oxygen atoms in total. The van der Waals surface area contributed by atoms with Gasteiger partial charge in [-0.15, -0.1) is 0 Å². The molecule has 1 aromatic heterocycles. The Labute approximate surface area is 181 Å². The number of ether oxygens (including phenoxy) is 2. The fourth-order valence-electron chi connectivity index (χ4n) is 3.63. The number of aromatic nitrogens is 1. The van der Waals surface area contributed by atoms with Gasteiger partial charge < -0.3 is 9.47 Å². The van der Waals surface area contributed by atoms with Gasteiger partial charge in [-0.1, -0.05) is 11.3 Å². The monoisotopic (exact) mass is 424 g/mol. The van der Waals surface area contributed by atoms with Crippen molar-refractivity contribution in [2.75, 3.05) is 18.1 Å². The van der Waals surface area contributed by atoms with E-state index in [0.29, 0.717) is 12.1 Å². The molecule has 1 amide bonds. The summed E-state index contributed by atoms with van der Waals surface area (Å²) in [6, 6.07) is 11.6. The Hall–Kier alpha value is -2.44. The summed E-state index contributed by atoms with van der Waals surface area (Å²) in [5.74, 6) is 0.701. The van der Waals surface area contributed by atoms with Crippen LogP contribution in [0.1, 0.15) is 48.2 Å². The van der Waals surface area contributed by atoms with Crippen molar-refractivity contribution in [2.45, 2.75) is 52.7 Å². The van der Waals surface area contributed by atoms with Gasteiger partial charge in [0, 0.05) is 12.2 Å². The van der Waals surface area contributed by atoms with Gasteiger partial charge >= 0.3 is 0 Å². The van der Waals surface area contributed by atoms with Gasteiger partial charge in [0.1, 0.15) is 5.75 Å². The van der Waals surface area contributed by atoms with Crippen LogP contribution in [0.25, 0.3) is 10.2 Å². The molecule has 0 bridgehead atoms. The van der Waals surface area contributed by atoms with E-state index in [4.69, 9.17) is 14.5 Å². The fraction of sp³-hybridized carbons (Fsp3) is 0.417. The molecule has 0 radical (unpaired) electrons. The van der Waals surface area contributed by atoms with E-state index in [9.17, 15) is 4.79 Å². The Morgan fingerprint density at radius 2 is 1.97 bits per heavy atom. The first-order valence-electron chi connectivity index (χ1n) is 10.5. The third-order valence-corrected chi connectivity index (χ3v) is 6.39. The lowest BCUT2D eigenvalue weighted by atomic mass is 10.1. The molecule has 2 aromatic carbocycles. The molecule has 3 aromatic rings. The van der Waals surface area contributed by atoms with Crippen molar-refractivity contribution in [2.24, 2.45) is 0 Å². The molecule has 1 atom stereocenters. The van der Waals surface area contributed by atoms with Gasteiger partial charge in [-0.3, -0.25) is 9.69 Å². The van der Waals surface area contributed by atoms with Gasteiger partial charge in [-0.05, 0) is 88.1 Å². The average molecular weight is 425 g/mol. The van der Waals surface area contributed by atoms with Crippen molar-refractivity contribution in [1.29, 1.82) is 0 Å². The number of benzene rings is 2. The summed E-state index contributed by atoms with van der Waals surface area (Å²) in [4.78, 5) is 20.1. The highest BCUT2D eigenvalue weighted by Gasteiger charge is 2.27. The number of anilines is 1. The number of rotatable bonds is 6. The lowest BCUT2D eigenvalue weighted by Gasteiger charge is -2.23. The highest BCUT2D eigenvalue weighted by atomic mass is 32.1. The predicted molar refractivity (Wildman–Crippen MR) is 122 cm³/mol. The number of amides is 1. The summed E-state index contributed by atoms with van der Waals surface area (Å²) in [6.45, 7) is 9.43. The topological polar surface area (TPSA) is 51.7 Å². The summed E-state index contributed by atoms with van der Waals surface area (Å²) in [5.41, 5.74) is 3.99. The van der Waals surface area contributed by atoms with Gasteiger partial charge in [0.2, 0.25) is 0 Å². The average Bonchev–Trinajstić information content (AvgIpc) is 3.36. The summed E-state index contributed by atoms with van der Waals surface area (Å²) < 4.78 is 12.6. The maximum absolute atomic E-state index is 13.5. The van der Waals surface area contributed by atoms with Crippen LogP contribution in [0.5, 0.6) is 5.75 Å². The molecule has 2 heterocycles. The normalized spacial score (nSPS) is 16.4. The quantitative estimate of drug-likeness (QED) is 0.522. The molecule has 1 fully saturated rings. The van der Waals surface area contributed by atoms with E-state index >= 15 is 0 Å². The molecule has 6 heteroatoms. The smallest absolute Gasteiger partial charge is 0.260 e. The number of hydrogen-bond donors (Lipinski definition) is 0. The van der Waals surface area contributed by atoms with Crippen LogP contribution in [-0.4, -0.2) is 36.3 Å². The summed E-state index contributed by atoms with van der Waals surface area (Å²) in [6.07, 6.45) is 2.14. The van der Waals surface area contributed by atoms with Gasteiger partial charge in [0.05, 0.1) is 29.0 Å². The van der Waals surface area contributed by atoms with Crippen LogP contribution in [0, 0.1) is 13.8 Å². The Balaban J connectivity index is 1.66. The standard InChI is InChI=1S/C24H28N2O3S/c1-15(2)29-19-9-7-18(8-10-19)23(27)26(14-20-6-5-11-28-20)24-25-21-12-16(3)17(4)13-22(21)30-24/h7-10,12-13,15,20H,5-6,11,14H2,1-4H3. The first-order chi connectivity index (χ1) is 14.4. The third kappa shape index (κ3) is 4.50. The number of nitrogens with zero attached hydrogens (tertiary/aromatic N) is 2. The van der Waals surface area contributed by atoms with Crippen LogP contribution >= 0.6 is 11.3 Å². The van der Waals surface area contributed by atoms with Crippen molar-refractivity contribution in [3.05, 3.63) is 53.1 Å². The summed E-state index contributed by atoms with van der Waals surface area (Å²) in [5, 5.41) is 0.720. The van der Waals surface area contributed by atoms with Gasteiger partial charge in [-0.2, -0.15) is 0 Å². The highest BCUT2D eigenvalue weighted by molar-refractivity contribution is 7.22. The van der Waals surface area contributed by atoms with Crippen molar-refractivity contribution in [1.82, 2.24) is 4.98 Å². The molecule has 1 saturated heterocycles. The zero-order valence-corrected chi connectivity index (χ0v) is 18.8. The highest BCUT2D eigenvalue weighted by Crippen LogP contribution is 2.32. The molecule has 1 aliphatic heterocycles.